The summed E-state index contributed by atoms with van der Waals surface area (Å²) in [6.45, 7) is 5.83. The van der Waals surface area contributed by atoms with Gasteiger partial charge >= 0.3 is 12.1 Å². The lowest BCUT2D eigenvalue weighted by molar-refractivity contribution is -0.142. The molecule has 1 unspecified atom stereocenters. The van der Waals surface area contributed by atoms with Crippen molar-refractivity contribution in [1.82, 2.24) is 25.3 Å². The molecule has 6 rings (SSSR count). The number of hydrogen-bond acceptors (Lipinski definition) is 6. The molecule has 4 heterocycles. The van der Waals surface area contributed by atoms with E-state index < -0.39 is 12.2 Å². The highest BCUT2D eigenvalue weighted by Gasteiger charge is 2.36. The van der Waals surface area contributed by atoms with Crippen molar-refractivity contribution < 1.29 is 19.1 Å². The second-order valence-electron chi connectivity index (χ2n) is 12.5. The number of anilines is 1. The highest BCUT2D eigenvalue weighted by molar-refractivity contribution is 9.13. The molecular weight excluding hydrogens is 704 g/mol. The molecule has 0 saturated carbocycles. The molecular formula is C33H42Br2N6O4. The zero-order valence-corrected chi connectivity index (χ0v) is 28.7. The Kier molecular flexibility index (Phi) is 10.6. The fourth-order valence-corrected chi connectivity index (χ4v) is 7.76. The normalized spacial score (nSPS) is 22.3. The Morgan fingerprint density at radius 3 is 2.40 bits per heavy atom. The summed E-state index contributed by atoms with van der Waals surface area (Å²) in [7, 11) is 0. The Morgan fingerprint density at radius 2 is 1.67 bits per heavy atom. The average molecular weight is 747 g/mol. The van der Waals surface area contributed by atoms with E-state index in [4.69, 9.17) is 4.74 Å². The zero-order chi connectivity index (χ0) is 31.3. The number of urea groups is 1. The van der Waals surface area contributed by atoms with E-state index in [9.17, 15) is 14.4 Å². The van der Waals surface area contributed by atoms with Gasteiger partial charge in [-0.1, -0.05) is 24.3 Å². The van der Waals surface area contributed by atoms with Crippen molar-refractivity contribution in [1.29, 1.82) is 0 Å². The summed E-state index contributed by atoms with van der Waals surface area (Å²) in [5.74, 6) is 0.387. The molecule has 0 aromatic heterocycles. The van der Waals surface area contributed by atoms with Gasteiger partial charge in [0.05, 0.1) is 0 Å². The summed E-state index contributed by atoms with van der Waals surface area (Å²) in [4.78, 5) is 45.9. The SMILES string of the molecule is O=C(O[C@H](Cc1ccc(Br)c(Br)c1)C(=O)N1CCC(C2CNCCN2)CC1)N1CCC(N2CCc3ccccc3NC2=O)CC1. The first-order valence-corrected chi connectivity index (χ1v) is 17.7. The molecule has 2 aromatic carbocycles. The molecule has 242 valence electrons. The van der Waals surface area contributed by atoms with Gasteiger partial charge in [-0.25, -0.2) is 9.59 Å². The predicted molar refractivity (Wildman–Crippen MR) is 180 cm³/mol. The molecule has 3 saturated heterocycles. The molecule has 0 bridgehead atoms. The fourth-order valence-electron chi connectivity index (χ4n) is 7.09. The van der Waals surface area contributed by atoms with Gasteiger partial charge in [0.25, 0.3) is 5.91 Å². The zero-order valence-electron chi connectivity index (χ0n) is 25.5. The van der Waals surface area contributed by atoms with Crippen LogP contribution in [-0.2, 0) is 22.4 Å². The van der Waals surface area contributed by atoms with Gasteiger partial charge in [-0.05, 0) is 99.2 Å². The van der Waals surface area contributed by atoms with Crippen LogP contribution in [0.1, 0.15) is 36.8 Å². The summed E-state index contributed by atoms with van der Waals surface area (Å²) in [6.07, 6.45) is 2.89. The van der Waals surface area contributed by atoms with Crippen molar-refractivity contribution in [3.63, 3.8) is 0 Å². The molecule has 12 heteroatoms. The second-order valence-corrected chi connectivity index (χ2v) is 14.2. The van der Waals surface area contributed by atoms with Crippen LogP contribution in [0, 0.1) is 5.92 Å². The van der Waals surface area contributed by atoms with Crippen LogP contribution in [0.2, 0.25) is 0 Å². The van der Waals surface area contributed by atoms with Gasteiger partial charge < -0.3 is 35.4 Å². The van der Waals surface area contributed by atoms with Crippen molar-refractivity contribution in [2.24, 2.45) is 5.92 Å². The number of para-hydroxylation sites is 1. The van der Waals surface area contributed by atoms with E-state index in [1.165, 1.54) is 0 Å². The predicted octanol–water partition coefficient (Wildman–Crippen LogP) is 4.61. The average Bonchev–Trinajstić information content (AvgIpc) is 3.24. The Bertz CT molecular complexity index is 1370. The van der Waals surface area contributed by atoms with Crippen LogP contribution in [0.5, 0.6) is 0 Å². The minimum atomic E-state index is -0.913. The number of likely N-dealkylation sites (tertiary alicyclic amines) is 2. The summed E-state index contributed by atoms with van der Waals surface area (Å²) >= 11 is 7.08. The summed E-state index contributed by atoms with van der Waals surface area (Å²) in [5, 5.41) is 10.1. The first-order valence-electron chi connectivity index (χ1n) is 16.1. The molecule has 4 aliphatic heterocycles. The highest BCUT2D eigenvalue weighted by Crippen LogP contribution is 2.28. The third-order valence-electron chi connectivity index (χ3n) is 9.72. The number of ether oxygens (including phenoxy) is 1. The number of amides is 4. The molecule has 45 heavy (non-hydrogen) atoms. The second kappa shape index (κ2) is 14.8. The van der Waals surface area contributed by atoms with Crippen LogP contribution in [0.15, 0.2) is 51.4 Å². The number of carbonyl (C=O) groups is 3. The third kappa shape index (κ3) is 7.84. The summed E-state index contributed by atoms with van der Waals surface area (Å²) < 4.78 is 7.84. The third-order valence-corrected chi connectivity index (χ3v) is 11.6. The van der Waals surface area contributed by atoms with Gasteiger partial charge in [0.15, 0.2) is 6.10 Å². The lowest BCUT2D eigenvalue weighted by Gasteiger charge is -2.40. The number of nitrogens with zero attached hydrogens (tertiary/aromatic N) is 3. The minimum Gasteiger partial charge on any atom is -0.436 e. The van der Waals surface area contributed by atoms with Gasteiger partial charge in [-0.15, -0.1) is 0 Å². The van der Waals surface area contributed by atoms with Crippen molar-refractivity contribution in [2.45, 2.75) is 56.7 Å². The largest absolute Gasteiger partial charge is 0.436 e. The number of carbonyl (C=O) groups excluding carboxylic acids is 3. The van der Waals surface area contributed by atoms with E-state index >= 15 is 0 Å². The Labute approximate surface area is 281 Å². The maximum atomic E-state index is 13.9. The van der Waals surface area contributed by atoms with Crippen LogP contribution >= 0.6 is 31.9 Å². The number of hydrogen-bond donors (Lipinski definition) is 3. The number of nitrogens with one attached hydrogen (secondary N) is 3. The molecule has 2 aromatic rings. The molecule has 4 amide bonds. The number of rotatable bonds is 6. The van der Waals surface area contributed by atoms with Gasteiger partial charge in [-0.2, -0.15) is 0 Å². The number of halogens is 2. The molecule has 0 radical (unpaired) electrons. The van der Waals surface area contributed by atoms with Gasteiger partial charge in [0, 0.05) is 85.5 Å². The molecule has 0 aliphatic carbocycles. The van der Waals surface area contributed by atoms with Crippen LogP contribution in [0.3, 0.4) is 0 Å². The molecule has 3 N–H and O–H groups in total. The Morgan fingerprint density at radius 1 is 0.911 bits per heavy atom. The van der Waals surface area contributed by atoms with E-state index in [1.807, 2.05) is 46.2 Å². The number of fused-ring (bicyclic) bond motifs is 1. The Balaban J connectivity index is 1.07. The van der Waals surface area contributed by atoms with Crippen LogP contribution in [0.25, 0.3) is 0 Å². The molecule has 0 spiro atoms. The smallest absolute Gasteiger partial charge is 0.410 e. The Hall–Kier alpha value is -2.67. The van der Waals surface area contributed by atoms with Crippen molar-refractivity contribution in [3.05, 3.63) is 62.5 Å². The minimum absolute atomic E-state index is 0.0380. The summed E-state index contributed by atoms with van der Waals surface area (Å²) in [6, 6.07) is 14.1. The van der Waals surface area contributed by atoms with E-state index in [0.717, 1.165) is 64.7 Å². The summed E-state index contributed by atoms with van der Waals surface area (Å²) in [5.41, 5.74) is 2.91. The first kappa shape index (κ1) is 32.3. The molecule has 2 atom stereocenters. The van der Waals surface area contributed by atoms with Gasteiger partial charge in [0.2, 0.25) is 0 Å². The molecule has 4 aliphatic rings. The van der Waals surface area contributed by atoms with E-state index in [1.54, 1.807) is 4.90 Å². The standard InChI is InChI=1S/C33H42Br2N6O4/c34-26-6-5-22(19-27(26)35)20-30(31(42)39-14-7-24(8-15-39)29-21-36-12-13-37-29)45-33(44)40-16-10-25(11-17-40)41-18-9-23-3-1-2-4-28(23)38-32(41)43/h1-6,19,24-25,29-30,36-37H,7-18,20-21H2,(H,38,43)/t29?,30-/m1/s1. The first-order chi connectivity index (χ1) is 21.9. The van der Waals surface area contributed by atoms with Crippen molar-refractivity contribution in [2.75, 3.05) is 57.7 Å². The van der Waals surface area contributed by atoms with E-state index in [2.05, 4.69) is 53.9 Å². The fraction of sp³-hybridized carbons (Fsp3) is 0.545. The van der Waals surface area contributed by atoms with Gasteiger partial charge in [0.1, 0.15) is 0 Å². The van der Waals surface area contributed by atoms with Gasteiger partial charge in [-0.3, -0.25) is 4.79 Å². The maximum absolute atomic E-state index is 13.9. The van der Waals surface area contributed by atoms with E-state index in [-0.39, 0.29) is 18.0 Å². The van der Waals surface area contributed by atoms with Crippen molar-refractivity contribution >= 4 is 55.6 Å². The number of piperazine rings is 1. The lowest BCUT2D eigenvalue weighted by Crippen LogP contribution is -2.55. The van der Waals surface area contributed by atoms with Crippen LogP contribution in [-0.4, -0.2) is 103 Å². The number of piperidine rings is 2. The topological polar surface area (TPSA) is 106 Å². The van der Waals surface area contributed by atoms with Crippen LogP contribution < -0.4 is 16.0 Å². The lowest BCUT2D eigenvalue weighted by atomic mass is 9.88. The van der Waals surface area contributed by atoms with Crippen LogP contribution in [0.4, 0.5) is 15.3 Å². The number of benzene rings is 2. The van der Waals surface area contributed by atoms with E-state index in [0.29, 0.717) is 63.9 Å². The molecule has 3 fully saturated rings. The monoisotopic (exact) mass is 744 g/mol. The highest BCUT2D eigenvalue weighted by atomic mass is 79.9. The quantitative estimate of drug-likeness (QED) is 0.399. The molecule has 10 nitrogen and oxygen atoms in total. The maximum Gasteiger partial charge on any atom is 0.410 e. The van der Waals surface area contributed by atoms with Crippen molar-refractivity contribution in [3.8, 4) is 0 Å².